The van der Waals surface area contributed by atoms with Crippen LogP contribution in [0.4, 0.5) is 10.2 Å². The van der Waals surface area contributed by atoms with Gasteiger partial charge in [-0.05, 0) is 12.1 Å². The second-order valence-electron chi connectivity index (χ2n) is 3.53. The van der Waals surface area contributed by atoms with E-state index in [0.717, 1.165) is 0 Å². The molecule has 7 heteroatoms. The minimum atomic E-state index is -1.11. The number of carboxylic acids is 1. The number of anilines is 1. The fourth-order valence-corrected chi connectivity index (χ4v) is 1.63. The van der Waals surface area contributed by atoms with Crippen LogP contribution in [0.15, 0.2) is 24.3 Å². The van der Waals surface area contributed by atoms with Crippen molar-refractivity contribution in [3.63, 3.8) is 0 Å². The van der Waals surface area contributed by atoms with Crippen LogP contribution >= 0.6 is 11.6 Å². The van der Waals surface area contributed by atoms with Crippen molar-refractivity contribution < 1.29 is 14.3 Å². The first-order chi connectivity index (χ1) is 8.58. The van der Waals surface area contributed by atoms with Gasteiger partial charge >= 0.3 is 5.97 Å². The van der Waals surface area contributed by atoms with Crippen molar-refractivity contribution in [1.29, 1.82) is 0 Å². The third-order valence-electron chi connectivity index (χ3n) is 2.32. The highest BCUT2D eigenvalue weighted by atomic mass is 35.5. The molecular formula is C11H9ClFN3O2. The van der Waals surface area contributed by atoms with Crippen LogP contribution in [0.5, 0.6) is 0 Å². The second-order valence-corrected chi connectivity index (χ2v) is 3.93. The molecule has 0 atom stereocenters. The highest BCUT2D eigenvalue weighted by Gasteiger charge is 2.09. The van der Waals surface area contributed by atoms with E-state index in [1.165, 1.54) is 18.2 Å². The van der Waals surface area contributed by atoms with Crippen LogP contribution in [0.25, 0.3) is 0 Å². The lowest BCUT2D eigenvalue weighted by molar-refractivity contribution is 0.0690. The summed E-state index contributed by atoms with van der Waals surface area (Å²) in [7, 11) is 0. The number of aromatic nitrogens is 2. The zero-order chi connectivity index (χ0) is 13.1. The number of nitrogens with one attached hydrogen (secondary N) is 2. The van der Waals surface area contributed by atoms with Crippen LogP contribution in [0.1, 0.15) is 16.1 Å². The van der Waals surface area contributed by atoms with Crippen molar-refractivity contribution >= 4 is 23.4 Å². The molecule has 3 N–H and O–H groups in total. The van der Waals surface area contributed by atoms with Crippen LogP contribution in [0.3, 0.4) is 0 Å². The molecule has 2 rings (SSSR count). The van der Waals surface area contributed by atoms with Crippen molar-refractivity contribution in [2.24, 2.45) is 0 Å². The molecule has 0 bridgehead atoms. The van der Waals surface area contributed by atoms with E-state index in [4.69, 9.17) is 16.7 Å². The summed E-state index contributed by atoms with van der Waals surface area (Å²) in [6.07, 6.45) is 0. The first kappa shape index (κ1) is 12.4. The molecule has 1 aromatic carbocycles. The van der Waals surface area contributed by atoms with Crippen molar-refractivity contribution in [2.75, 3.05) is 5.32 Å². The molecule has 5 nitrogen and oxygen atoms in total. The number of carboxylic acid groups (broad SMARTS) is 1. The van der Waals surface area contributed by atoms with E-state index in [-0.39, 0.29) is 12.2 Å². The summed E-state index contributed by atoms with van der Waals surface area (Å²) >= 11 is 5.85. The molecule has 1 aromatic heterocycles. The quantitative estimate of drug-likeness (QED) is 0.797. The van der Waals surface area contributed by atoms with Crippen LogP contribution in [-0.2, 0) is 6.54 Å². The number of aromatic carboxylic acids is 1. The molecule has 0 spiro atoms. The van der Waals surface area contributed by atoms with Crippen LogP contribution in [-0.4, -0.2) is 21.3 Å². The Labute approximate surface area is 107 Å². The highest BCUT2D eigenvalue weighted by Crippen LogP contribution is 2.20. The van der Waals surface area contributed by atoms with Gasteiger partial charge in [-0.2, -0.15) is 5.10 Å². The molecule has 0 radical (unpaired) electrons. The van der Waals surface area contributed by atoms with Gasteiger partial charge in [0.2, 0.25) is 0 Å². The topological polar surface area (TPSA) is 78.0 Å². The number of carbonyl (C=O) groups is 1. The van der Waals surface area contributed by atoms with Gasteiger partial charge in [0, 0.05) is 23.2 Å². The number of halogens is 2. The molecule has 0 unspecified atom stereocenters. The third-order valence-corrected chi connectivity index (χ3v) is 2.67. The molecule has 0 fully saturated rings. The van der Waals surface area contributed by atoms with Crippen molar-refractivity contribution in [3.05, 3.63) is 46.4 Å². The molecule has 0 saturated carbocycles. The minimum Gasteiger partial charge on any atom is -0.477 e. The normalized spacial score (nSPS) is 10.3. The minimum absolute atomic E-state index is 0.0443. The Morgan fingerprint density at radius 3 is 2.94 bits per heavy atom. The lowest BCUT2D eigenvalue weighted by atomic mass is 10.2. The summed E-state index contributed by atoms with van der Waals surface area (Å²) in [5, 5.41) is 17.8. The molecule has 0 saturated heterocycles. The van der Waals surface area contributed by atoms with Gasteiger partial charge in [0.25, 0.3) is 0 Å². The summed E-state index contributed by atoms with van der Waals surface area (Å²) in [5.41, 5.74) is 0.260. The fraction of sp³-hybridized carbons (Fsp3) is 0.0909. The predicted octanol–water partition coefficient (Wildman–Crippen LogP) is 2.51. The van der Waals surface area contributed by atoms with E-state index >= 15 is 0 Å². The first-order valence-corrected chi connectivity index (χ1v) is 5.41. The standard InChI is InChI=1S/C11H9ClFN3O2/c12-7-2-1-3-8(13)6(7)5-14-10-4-9(11(17)18)15-16-10/h1-4H,5H2,(H,17,18)(H2,14,15,16). The largest absolute Gasteiger partial charge is 0.477 e. The van der Waals surface area contributed by atoms with Gasteiger partial charge in [0.1, 0.15) is 17.3 Å². The number of H-pyrrole nitrogens is 1. The van der Waals surface area contributed by atoms with E-state index < -0.39 is 11.8 Å². The predicted molar refractivity (Wildman–Crippen MR) is 64.3 cm³/mol. The Balaban J connectivity index is 2.09. The monoisotopic (exact) mass is 269 g/mol. The van der Waals surface area contributed by atoms with Crippen molar-refractivity contribution in [2.45, 2.75) is 6.54 Å². The maximum absolute atomic E-state index is 13.4. The number of rotatable bonds is 4. The van der Waals surface area contributed by atoms with E-state index in [2.05, 4.69) is 15.5 Å². The van der Waals surface area contributed by atoms with Gasteiger partial charge in [-0.3, -0.25) is 5.10 Å². The number of hydrogen-bond acceptors (Lipinski definition) is 3. The molecule has 0 aliphatic rings. The Hall–Kier alpha value is -2.08. The number of aromatic amines is 1. The SMILES string of the molecule is O=C(O)c1cc(NCc2c(F)cccc2Cl)n[nH]1. The molecule has 0 aliphatic carbocycles. The van der Waals surface area contributed by atoms with E-state index in [1.54, 1.807) is 6.07 Å². The van der Waals surface area contributed by atoms with E-state index in [9.17, 15) is 9.18 Å². The molecule has 0 aliphatic heterocycles. The molecule has 1 heterocycles. The van der Waals surface area contributed by atoms with Gasteiger partial charge in [-0.15, -0.1) is 0 Å². The number of hydrogen-bond donors (Lipinski definition) is 3. The van der Waals surface area contributed by atoms with Crippen LogP contribution < -0.4 is 5.32 Å². The van der Waals surface area contributed by atoms with Gasteiger partial charge in [0.15, 0.2) is 0 Å². The number of benzene rings is 1. The lowest BCUT2D eigenvalue weighted by Crippen LogP contribution is -2.02. The number of nitrogens with zero attached hydrogens (tertiary/aromatic N) is 1. The smallest absolute Gasteiger partial charge is 0.353 e. The van der Waals surface area contributed by atoms with Gasteiger partial charge in [-0.1, -0.05) is 17.7 Å². The van der Waals surface area contributed by atoms with E-state index in [1.807, 2.05) is 0 Å². The Morgan fingerprint density at radius 1 is 1.56 bits per heavy atom. The zero-order valence-electron chi connectivity index (χ0n) is 9.08. The highest BCUT2D eigenvalue weighted by molar-refractivity contribution is 6.31. The molecule has 94 valence electrons. The van der Waals surface area contributed by atoms with Crippen molar-refractivity contribution in [1.82, 2.24) is 10.2 Å². The summed E-state index contributed by atoms with van der Waals surface area (Å²) < 4.78 is 13.4. The first-order valence-electron chi connectivity index (χ1n) is 5.03. The maximum Gasteiger partial charge on any atom is 0.353 e. The molecule has 18 heavy (non-hydrogen) atoms. The van der Waals surface area contributed by atoms with Crippen LogP contribution in [0, 0.1) is 5.82 Å². The van der Waals surface area contributed by atoms with Gasteiger partial charge < -0.3 is 10.4 Å². The zero-order valence-corrected chi connectivity index (χ0v) is 9.83. The Bertz CT molecular complexity index is 565. The summed E-state index contributed by atoms with van der Waals surface area (Å²) in [6.45, 7) is 0.120. The van der Waals surface area contributed by atoms with Gasteiger partial charge in [-0.25, -0.2) is 9.18 Å². The average Bonchev–Trinajstić information content (AvgIpc) is 2.77. The second kappa shape index (κ2) is 5.05. The van der Waals surface area contributed by atoms with Gasteiger partial charge in [0.05, 0.1) is 0 Å². The maximum atomic E-state index is 13.4. The van der Waals surface area contributed by atoms with Crippen molar-refractivity contribution in [3.8, 4) is 0 Å². The molecule has 2 aromatic rings. The molecular weight excluding hydrogens is 261 g/mol. The fourth-order valence-electron chi connectivity index (χ4n) is 1.40. The summed E-state index contributed by atoms with van der Waals surface area (Å²) in [6, 6.07) is 5.71. The Kier molecular flexibility index (Phi) is 3.47. The average molecular weight is 270 g/mol. The van der Waals surface area contributed by atoms with Crippen LogP contribution in [0.2, 0.25) is 5.02 Å². The third kappa shape index (κ3) is 2.60. The molecule has 0 amide bonds. The summed E-state index contributed by atoms with van der Waals surface area (Å²) in [4.78, 5) is 10.6. The van der Waals surface area contributed by atoms with E-state index in [0.29, 0.717) is 16.4 Å². The summed E-state index contributed by atoms with van der Waals surface area (Å²) in [5.74, 6) is -1.23. The lowest BCUT2D eigenvalue weighted by Gasteiger charge is -2.06. The Morgan fingerprint density at radius 2 is 2.33 bits per heavy atom.